The Labute approximate surface area is 293 Å². The van der Waals surface area contributed by atoms with Crippen molar-refractivity contribution in [3.05, 3.63) is 176 Å². The van der Waals surface area contributed by atoms with Crippen LogP contribution in [0.1, 0.15) is 0 Å². The van der Waals surface area contributed by atoms with Crippen molar-refractivity contribution in [3.8, 4) is 50.7 Å². The largest absolute Gasteiger partial charge is 0.309 e. The number of aromatic nitrogens is 3. The van der Waals surface area contributed by atoms with Crippen molar-refractivity contribution in [1.29, 1.82) is 0 Å². The maximum Gasteiger partial charge on any atom is 0.161 e. The molecule has 0 spiro atoms. The van der Waals surface area contributed by atoms with E-state index in [1.807, 2.05) is 23.5 Å². The van der Waals surface area contributed by atoms with Crippen LogP contribution < -0.4 is 0 Å². The predicted molar refractivity (Wildman–Crippen MR) is 211 cm³/mol. The Morgan fingerprint density at radius 3 is 1.60 bits per heavy atom. The third kappa shape index (κ3) is 4.65. The highest BCUT2D eigenvalue weighted by Crippen LogP contribution is 2.44. The fraction of sp³-hybridized carbons (Fsp3) is 0. The molecule has 3 heterocycles. The van der Waals surface area contributed by atoms with Gasteiger partial charge in [0.05, 0.1) is 22.4 Å². The summed E-state index contributed by atoms with van der Waals surface area (Å²) in [4.78, 5) is 10.6. The zero-order valence-corrected chi connectivity index (χ0v) is 27.8. The Bertz CT molecular complexity index is 2800. The van der Waals surface area contributed by atoms with E-state index in [0.29, 0.717) is 5.82 Å². The zero-order valence-electron chi connectivity index (χ0n) is 27.0. The second kappa shape index (κ2) is 11.7. The Hall–Kier alpha value is -6.36. The summed E-state index contributed by atoms with van der Waals surface area (Å²) in [5, 5.41) is 4.90. The van der Waals surface area contributed by atoms with E-state index in [9.17, 15) is 0 Å². The maximum absolute atomic E-state index is 5.29. The first-order chi connectivity index (χ1) is 24.8. The summed E-state index contributed by atoms with van der Waals surface area (Å²) in [7, 11) is 0. The van der Waals surface area contributed by atoms with E-state index < -0.39 is 0 Å². The molecule has 0 aliphatic heterocycles. The highest BCUT2D eigenvalue weighted by atomic mass is 32.1. The lowest BCUT2D eigenvalue weighted by molar-refractivity contribution is 1.18. The van der Waals surface area contributed by atoms with E-state index in [-0.39, 0.29) is 0 Å². The van der Waals surface area contributed by atoms with Crippen molar-refractivity contribution in [2.24, 2.45) is 0 Å². The summed E-state index contributed by atoms with van der Waals surface area (Å²) < 4.78 is 5.02. The first kappa shape index (κ1) is 28.6. The van der Waals surface area contributed by atoms with Crippen LogP contribution in [0.15, 0.2) is 176 Å². The summed E-state index contributed by atoms with van der Waals surface area (Å²) in [6.07, 6.45) is 0. The van der Waals surface area contributed by atoms with Gasteiger partial charge in [-0.3, -0.25) is 0 Å². The lowest BCUT2D eigenvalue weighted by atomic mass is 9.97. The van der Waals surface area contributed by atoms with Gasteiger partial charge in [-0.1, -0.05) is 133 Å². The van der Waals surface area contributed by atoms with E-state index in [1.54, 1.807) is 0 Å². The van der Waals surface area contributed by atoms with Gasteiger partial charge in [0.1, 0.15) is 0 Å². The van der Waals surface area contributed by atoms with Gasteiger partial charge in [0.2, 0.25) is 0 Å². The Morgan fingerprint density at radius 1 is 0.400 bits per heavy atom. The molecule has 50 heavy (non-hydrogen) atoms. The second-order valence-corrected chi connectivity index (χ2v) is 13.7. The van der Waals surface area contributed by atoms with Crippen LogP contribution in [0, 0.1) is 0 Å². The van der Waals surface area contributed by atoms with Crippen LogP contribution >= 0.6 is 11.3 Å². The molecule has 0 amide bonds. The lowest BCUT2D eigenvalue weighted by Crippen LogP contribution is -1.97. The highest BCUT2D eigenvalue weighted by Gasteiger charge is 2.22. The van der Waals surface area contributed by atoms with Crippen LogP contribution in [0.25, 0.3) is 92.7 Å². The molecular weight excluding hydrogens is 627 g/mol. The smallest absolute Gasteiger partial charge is 0.161 e. The quantitative estimate of drug-likeness (QED) is 0.185. The molecule has 234 valence electrons. The van der Waals surface area contributed by atoms with Gasteiger partial charge in [-0.05, 0) is 53.6 Å². The summed E-state index contributed by atoms with van der Waals surface area (Å²) >= 11 is 1.85. The van der Waals surface area contributed by atoms with Crippen LogP contribution in [0.3, 0.4) is 0 Å². The molecule has 3 aromatic heterocycles. The van der Waals surface area contributed by atoms with E-state index in [4.69, 9.17) is 9.97 Å². The van der Waals surface area contributed by atoms with Crippen molar-refractivity contribution in [1.82, 2.24) is 14.5 Å². The zero-order chi connectivity index (χ0) is 33.0. The Morgan fingerprint density at radius 2 is 0.940 bits per heavy atom. The average Bonchev–Trinajstić information content (AvgIpc) is 3.74. The van der Waals surface area contributed by atoms with Crippen LogP contribution in [0.2, 0.25) is 0 Å². The first-order valence-electron chi connectivity index (χ1n) is 16.8. The maximum atomic E-state index is 5.29. The molecule has 0 saturated heterocycles. The number of benzene rings is 7. The molecule has 0 unspecified atom stereocenters. The summed E-state index contributed by atoms with van der Waals surface area (Å²) in [6.45, 7) is 0. The van der Waals surface area contributed by atoms with Gasteiger partial charge in [-0.15, -0.1) is 11.3 Å². The minimum absolute atomic E-state index is 0.706. The van der Waals surface area contributed by atoms with Crippen molar-refractivity contribution in [3.63, 3.8) is 0 Å². The predicted octanol–water partition coefficient (Wildman–Crippen LogP) is 12.6. The number of hydrogen-bond acceptors (Lipinski definition) is 3. The van der Waals surface area contributed by atoms with Gasteiger partial charge < -0.3 is 4.57 Å². The molecule has 10 rings (SSSR count). The normalized spacial score (nSPS) is 11.6. The number of thiophene rings is 1. The fourth-order valence-corrected chi connectivity index (χ4v) is 8.45. The molecule has 0 N–H and O–H groups in total. The molecule has 0 bridgehead atoms. The number of hydrogen-bond donors (Lipinski definition) is 0. The van der Waals surface area contributed by atoms with E-state index >= 15 is 0 Å². The first-order valence-corrected chi connectivity index (χ1v) is 17.7. The molecule has 3 nitrogen and oxygen atoms in total. The second-order valence-electron chi connectivity index (χ2n) is 12.6. The standard InChI is InChI=1S/C46H29N3S/c1-4-14-30(15-5-1)34-21-12-23-40-44(34)45-36(46-47-38(31-16-6-2-7-17-31)29-39(48-46)32-18-8-3-9-19-32)22-13-24-41(45)49(40)33-26-27-43-37(28-33)35-20-10-11-25-42(35)50-43/h1-29H. The van der Waals surface area contributed by atoms with Gasteiger partial charge in [-0.2, -0.15) is 0 Å². The van der Waals surface area contributed by atoms with Gasteiger partial charge >= 0.3 is 0 Å². The van der Waals surface area contributed by atoms with Gasteiger partial charge in [0, 0.05) is 53.3 Å². The minimum atomic E-state index is 0.706. The Balaban J connectivity index is 1.31. The van der Waals surface area contributed by atoms with Gasteiger partial charge in [-0.25, -0.2) is 9.97 Å². The van der Waals surface area contributed by atoms with E-state index in [2.05, 4.69) is 168 Å². The molecule has 0 fully saturated rings. The van der Waals surface area contributed by atoms with Crippen LogP contribution in [0.4, 0.5) is 0 Å². The molecule has 0 atom stereocenters. The van der Waals surface area contributed by atoms with Gasteiger partial charge in [0.25, 0.3) is 0 Å². The number of fused-ring (bicyclic) bond motifs is 6. The molecule has 7 aromatic carbocycles. The van der Waals surface area contributed by atoms with Gasteiger partial charge in [0.15, 0.2) is 5.82 Å². The van der Waals surface area contributed by atoms with Crippen molar-refractivity contribution < 1.29 is 0 Å². The highest BCUT2D eigenvalue weighted by molar-refractivity contribution is 7.25. The molecular formula is C46H29N3S. The van der Waals surface area contributed by atoms with Crippen LogP contribution in [-0.2, 0) is 0 Å². The third-order valence-electron chi connectivity index (χ3n) is 9.63. The fourth-order valence-electron chi connectivity index (χ4n) is 7.37. The monoisotopic (exact) mass is 655 g/mol. The molecule has 0 radical (unpaired) electrons. The average molecular weight is 656 g/mol. The van der Waals surface area contributed by atoms with Crippen LogP contribution in [0.5, 0.6) is 0 Å². The number of nitrogens with zero attached hydrogens (tertiary/aromatic N) is 3. The van der Waals surface area contributed by atoms with Crippen molar-refractivity contribution >= 4 is 53.3 Å². The summed E-state index contributed by atoms with van der Waals surface area (Å²) in [5.41, 5.74) is 10.7. The van der Waals surface area contributed by atoms with Crippen LogP contribution in [-0.4, -0.2) is 14.5 Å². The van der Waals surface area contributed by atoms with E-state index in [1.165, 1.54) is 36.7 Å². The van der Waals surface area contributed by atoms with Crippen molar-refractivity contribution in [2.45, 2.75) is 0 Å². The SMILES string of the molecule is c1ccc(-c2cc(-c3ccccc3)nc(-c3cccc4c3c3c(-c5ccccc5)cccc3n4-c3ccc4sc5ccccc5c4c3)n2)cc1. The molecule has 4 heteroatoms. The molecule has 0 aliphatic carbocycles. The topological polar surface area (TPSA) is 30.7 Å². The summed E-state index contributed by atoms with van der Waals surface area (Å²) in [5.74, 6) is 0.706. The minimum Gasteiger partial charge on any atom is -0.309 e. The Kier molecular flexibility index (Phi) is 6.68. The number of rotatable bonds is 5. The van der Waals surface area contributed by atoms with Crippen molar-refractivity contribution in [2.75, 3.05) is 0 Å². The van der Waals surface area contributed by atoms with E-state index in [0.717, 1.165) is 50.2 Å². The molecule has 0 aliphatic rings. The summed E-state index contributed by atoms with van der Waals surface area (Å²) in [6, 6.07) is 62.4. The lowest BCUT2D eigenvalue weighted by Gasteiger charge is -2.11. The molecule has 10 aromatic rings. The molecule has 0 saturated carbocycles. The third-order valence-corrected chi connectivity index (χ3v) is 10.8.